The molecule has 10 heteroatoms. The third-order valence-electron chi connectivity index (χ3n) is 7.20. The zero-order valence-electron chi connectivity index (χ0n) is 21.8. The maximum atomic E-state index is 13.9. The van der Waals surface area contributed by atoms with Crippen molar-refractivity contribution in [3.8, 4) is 0 Å². The Kier molecular flexibility index (Phi) is 8.01. The molecule has 0 aromatic heterocycles. The number of carbonyl (C=O) groups excluding carboxylic acids is 2. The van der Waals surface area contributed by atoms with Crippen molar-refractivity contribution in [1.29, 1.82) is 0 Å². The summed E-state index contributed by atoms with van der Waals surface area (Å²) in [6.45, 7) is 8.60. The maximum absolute atomic E-state index is 13.9. The summed E-state index contributed by atoms with van der Waals surface area (Å²) < 4.78 is 58.5. The second-order valence-corrected chi connectivity index (χ2v) is 10.7. The number of fused-ring (bicyclic) bond motifs is 1. The van der Waals surface area contributed by atoms with Gasteiger partial charge in [-0.15, -0.1) is 0 Å². The second-order valence-electron chi connectivity index (χ2n) is 10.7. The molecule has 2 aromatic rings. The molecule has 1 saturated heterocycles. The molecule has 1 unspecified atom stereocenters. The van der Waals surface area contributed by atoms with Gasteiger partial charge >= 0.3 is 6.18 Å². The first-order valence-corrected chi connectivity index (χ1v) is 12.7. The highest BCUT2D eigenvalue weighted by atomic mass is 19.4. The van der Waals surface area contributed by atoms with E-state index in [1.807, 2.05) is 20.8 Å². The number of nitrogens with one attached hydrogen (secondary N) is 1. The largest absolute Gasteiger partial charge is 0.416 e. The van der Waals surface area contributed by atoms with Crippen molar-refractivity contribution < 1.29 is 31.9 Å². The fourth-order valence-electron chi connectivity index (χ4n) is 5.24. The number of nitrogens with zero attached hydrogens (tertiary/aromatic N) is 2. The molecule has 0 bridgehead atoms. The summed E-state index contributed by atoms with van der Waals surface area (Å²) in [6, 6.07) is 8.73. The van der Waals surface area contributed by atoms with E-state index in [9.17, 15) is 27.2 Å². The number of amides is 2. The van der Waals surface area contributed by atoms with Crippen LogP contribution >= 0.6 is 0 Å². The van der Waals surface area contributed by atoms with Crippen LogP contribution in [0.2, 0.25) is 0 Å². The van der Waals surface area contributed by atoms with E-state index in [1.54, 1.807) is 11.0 Å². The van der Waals surface area contributed by atoms with Gasteiger partial charge in [-0.2, -0.15) is 13.2 Å². The zero-order chi connectivity index (χ0) is 27.7. The van der Waals surface area contributed by atoms with E-state index in [0.29, 0.717) is 45.0 Å². The standard InChI is InChI=1S/C28H33F4N3O3/c1-18(16-35-17-27(2,3)23-14-21(29)8-9-24(23)35)33-26(37)22(15-25(36)34-10-12-38-13-11-34)19-4-6-20(7-5-19)28(30,31)32/h4-9,14,18,22H,10-13,15-17H2,1-3H3,(H,33,37)/t18-,22?/m0/s1. The molecule has 2 aliphatic rings. The predicted octanol–water partition coefficient (Wildman–Crippen LogP) is 4.48. The van der Waals surface area contributed by atoms with Gasteiger partial charge in [-0.25, -0.2) is 4.39 Å². The number of alkyl halides is 3. The fraction of sp³-hybridized carbons (Fsp3) is 0.500. The van der Waals surface area contributed by atoms with Gasteiger partial charge in [-0.1, -0.05) is 26.0 Å². The van der Waals surface area contributed by atoms with E-state index >= 15 is 0 Å². The van der Waals surface area contributed by atoms with Crippen molar-refractivity contribution in [3.63, 3.8) is 0 Å². The Morgan fingerprint density at radius 1 is 1.08 bits per heavy atom. The van der Waals surface area contributed by atoms with E-state index in [-0.39, 0.29) is 29.6 Å². The first-order chi connectivity index (χ1) is 17.8. The predicted molar refractivity (Wildman–Crippen MR) is 135 cm³/mol. The first kappa shape index (κ1) is 27.9. The summed E-state index contributed by atoms with van der Waals surface area (Å²) in [6.07, 6.45) is -4.67. The molecular weight excluding hydrogens is 502 g/mol. The summed E-state index contributed by atoms with van der Waals surface area (Å²) in [5.74, 6) is -1.94. The van der Waals surface area contributed by atoms with Gasteiger partial charge in [0.25, 0.3) is 0 Å². The Morgan fingerprint density at radius 2 is 1.74 bits per heavy atom. The number of hydrogen-bond acceptors (Lipinski definition) is 4. The maximum Gasteiger partial charge on any atom is 0.416 e. The van der Waals surface area contributed by atoms with Crippen LogP contribution in [0.3, 0.4) is 0 Å². The molecule has 1 fully saturated rings. The summed E-state index contributed by atoms with van der Waals surface area (Å²) in [7, 11) is 0. The Bertz CT molecular complexity index is 1160. The number of halogens is 4. The minimum absolute atomic E-state index is 0.164. The number of rotatable bonds is 7. The van der Waals surface area contributed by atoms with E-state index in [1.165, 1.54) is 24.3 Å². The lowest BCUT2D eigenvalue weighted by Crippen LogP contribution is -2.46. The lowest BCUT2D eigenvalue weighted by molar-refractivity contribution is -0.138. The van der Waals surface area contributed by atoms with Crippen LogP contribution in [0.5, 0.6) is 0 Å². The van der Waals surface area contributed by atoms with Crippen LogP contribution in [0.25, 0.3) is 0 Å². The van der Waals surface area contributed by atoms with Crippen molar-refractivity contribution in [1.82, 2.24) is 10.2 Å². The highest BCUT2D eigenvalue weighted by Crippen LogP contribution is 2.40. The molecule has 2 aromatic carbocycles. The van der Waals surface area contributed by atoms with Gasteiger partial charge < -0.3 is 19.9 Å². The van der Waals surface area contributed by atoms with Crippen molar-refractivity contribution >= 4 is 17.5 Å². The van der Waals surface area contributed by atoms with Gasteiger partial charge in [-0.05, 0) is 48.4 Å². The van der Waals surface area contributed by atoms with Gasteiger partial charge in [0, 0.05) is 49.7 Å². The van der Waals surface area contributed by atoms with Crippen molar-refractivity contribution in [2.45, 2.75) is 50.7 Å². The van der Waals surface area contributed by atoms with Gasteiger partial charge in [-0.3, -0.25) is 9.59 Å². The molecule has 206 valence electrons. The molecule has 0 radical (unpaired) electrons. The van der Waals surface area contributed by atoms with E-state index in [2.05, 4.69) is 10.2 Å². The Balaban J connectivity index is 1.50. The number of morpholine rings is 1. The SMILES string of the molecule is C[C@@H](CN1CC(C)(C)c2cc(F)ccc21)NC(=O)C(CC(=O)N1CCOCC1)c1ccc(C(F)(F)F)cc1. The number of ether oxygens (including phenoxy) is 1. The number of carbonyl (C=O) groups is 2. The minimum Gasteiger partial charge on any atom is -0.378 e. The second kappa shape index (κ2) is 10.9. The summed E-state index contributed by atoms with van der Waals surface area (Å²) in [5, 5.41) is 2.96. The van der Waals surface area contributed by atoms with Crippen LogP contribution in [-0.2, 0) is 25.9 Å². The molecule has 0 spiro atoms. The molecule has 2 amide bonds. The summed E-state index contributed by atoms with van der Waals surface area (Å²) >= 11 is 0. The average Bonchev–Trinajstić information content (AvgIpc) is 3.10. The van der Waals surface area contributed by atoms with E-state index < -0.39 is 23.6 Å². The van der Waals surface area contributed by atoms with Crippen molar-refractivity contribution in [2.75, 3.05) is 44.3 Å². The molecule has 4 rings (SSSR count). The number of benzene rings is 2. The first-order valence-electron chi connectivity index (χ1n) is 12.7. The quantitative estimate of drug-likeness (QED) is 0.532. The number of anilines is 1. The molecule has 2 heterocycles. The molecule has 2 atom stereocenters. The molecule has 0 saturated carbocycles. The Morgan fingerprint density at radius 3 is 2.37 bits per heavy atom. The van der Waals surface area contributed by atoms with Gasteiger partial charge in [0.2, 0.25) is 11.8 Å². The fourth-order valence-corrected chi connectivity index (χ4v) is 5.24. The molecular formula is C28H33F4N3O3. The van der Waals surface area contributed by atoms with Crippen LogP contribution in [0.15, 0.2) is 42.5 Å². The van der Waals surface area contributed by atoms with E-state index in [4.69, 9.17) is 4.74 Å². The molecule has 1 N–H and O–H groups in total. The Labute approximate surface area is 219 Å². The van der Waals surface area contributed by atoms with Crippen LogP contribution in [0.4, 0.5) is 23.2 Å². The zero-order valence-corrected chi connectivity index (χ0v) is 21.8. The monoisotopic (exact) mass is 535 g/mol. The number of hydrogen-bond donors (Lipinski definition) is 1. The topological polar surface area (TPSA) is 61.9 Å². The van der Waals surface area contributed by atoms with Crippen LogP contribution in [0, 0.1) is 5.82 Å². The van der Waals surface area contributed by atoms with E-state index in [0.717, 1.165) is 23.4 Å². The summed E-state index contributed by atoms with van der Waals surface area (Å²) in [5.41, 5.74) is 1.05. The molecule has 6 nitrogen and oxygen atoms in total. The average molecular weight is 536 g/mol. The van der Waals surface area contributed by atoms with Crippen LogP contribution in [0.1, 0.15) is 49.8 Å². The van der Waals surface area contributed by atoms with Crippen LogP contribution < -0.4 is 10.2 Å². The minimum atomic E-state index is -4.50. The van der Waals surface area contributed by atoms with Crippen molar-refractivity contribution in [3.05, 3.63) is 65.0 Å². The third-order valence-corrected chi connectivity index (χ3v) is 7.20. The normalized spacial score (nSPS) is 18.6. The smallest absolute Gasteiger partial charge is 0.378 e. The van der Waals surface area contributed by atoms with Gasteiger partial charge in [0.1, 0.15) is 5.82 Å². The van der Waals surface area contributed by atoms with Crippen LogP contribution in [-0.4, -0.2) is 62.1 Å². The lowest BCUT2D eigenvalue weighted by atomic mass is 9.87. The highest BCUT2D eigenvalue weighted by molar-refractivity contribution is 5.90. The van der Waals surface area contributed by atoms with Crippen molar-refractivity contribution in [2.24, 2.45) is 0 Å². The molecule has 0 aliphatic carbocycles. The molecule has 2 aliphatic heterocycles. The lowest BCUT2D eigenvalue weighted by Gasteiger charge is -2.30. The highest BCUT2D eigenvalue weighted by Gasteiger charge is 2.37. The summed E-state index contributed by atoms with van der Waals surface area (Å²) in [4.78, 5) is 30.1. The molecule has 38 heavy (non-hydrogen) atoms. The van der Waals surface area contributed by atoms with Gasteiger partial charge in [0.05, 0.1) is 24.7 Å². The third kappa shape index (κ3) is 6.28. The Hall–Kier alpha value is -3.14. The van der Waals surface area contributed by atoms with Gasteiger partial charge in [0.15, 0.2) is 0 Å².